The van der Waals surface area contributed by atoms with Gasteiger partial charge in [0.15, 0.2) is 0 Å². The molecule has 1 saturated heterocycles. The highest BCUT2D eigenvalue weighted by molar-refractivity contribution is 5.91. The summed E-state index contributed by atoms with van der Waals surface area (Å²) < 4.78 is 0. The van der Waals surface area contributed by atoms with Gasteiger partial charge in [0.05, 0.1) is 6.04 Å². The lowest BCUT2D eigenvalue weighted by molar-refractivity contribution is -0.129. The van der Waals surface area contributed by atoms with Crippen LogP contribution in [0.15, 0.2) is 29.4 Å². The first kappa shape index (κ1) is 12.0. The third kappa shape index (κ3) is 1.95. The molecule has 1 aromatic carbocycles. The second-order valence-corrected chi connectivity index (χ2v) is 5.23. The number of nitrogens with zero attached hydrogens (tertiary/aromatic N) is 2. The Morgan fingerprint density at radius 3 is 3.00 bits per heavy atom. The van der Waals surface area contributed by atoms with Crippen LogP contribution in [0.2, 0.25) is 0 Å². The third-order valence-electron chi connectivity index (χ3n) is 4.17. The summed E-state index contributed by atoms with van der Waals surface area (Å²) in [6, 6.07) is 8.42. The van der Waals surface area contributed by atoms with Gasteiger partial charge in [-0.25, -0.2) is 0 Å². The van der Waals surface area contributed by atoms with Crippen LogP contribution >= 0.6 is 0 Å². The molecule has 3 N–H and O–H groups in total. The molecule has 2 unspecified atom stereocenters. The van der Waals surface area contributed by atoms with E-state index in [1.54, 1.807) is 0 Å². The summed E-state index contributed by atoms with van der Waals surface area (Å²) in [5.74, 6) is 0.0886. The molecule has 0 bridgehead atoms. The molecular weight excluding hydrogens is 242 g/mol. The first-order chi connectivity index (χ1) is 9.20. The SMILES string of the molecule is NC(=NO)C1CC(=O)N(C2CCc3ccccc32)C1. The standard InChI is InChI=1S/C14H17N3O2/c15-14(16-19)10-7-13(18)17(8-10)12-6-5-9-3-1-2-4-11(9)12/h1-4,10,12,19H,5-8H2,(H2,15,16). The van der Waals surface area contributed by atoms with Gasteiger partial charge in [-0.2, -0.15) is 0 Å². The van der Waals surface area contributed by atoms with Crippen molar-refractivity contribution in [2.75, 3.05) is 6.54 Å². The minimum atomic E-state index is -0.162. The predicted octanol–water partition coefficient (Wildman–Crippen LogP) is 1.27. The van der Waals surface area contributed by atoms with Crippen LogP contribution in [-0.4, -0.2) is 28.4 Å². The van der Waals surface area contributed by atoms with Crippen molar-refractivity contribution in [1.82, 2.24) is 4.90 Å². The van der Waals surface area contributed by atoms with Crippen molar-refractivity contribution in [3.8, 4) is 0 Å². The largest absolute Gasteiger partial charge is 0.409 e. The lowest BCUT2D eigenvalue weighted by atomic mass is 10.1. The molecule has 1 aromatic rings. The Bertz CT molecular complexity index is 541. The topological polar surface area (TPSA) is 78.9 Å². The highest BCUT2D eigenvalue weighted by Gasteiger charge is 2.39. The van der Waals surface area contributed by atoms with Crippen molar-refractivity contribution in [2.45, 2.75) is 25.3 Å². The number of hydrogen-bond donors (Lipinski definition) is 2. The summed E-state index contributed by atoms with van der Waals surface area (Å²) in [7, 11) is 0. The number of amidine groups is 1. The zero-order valence-corrected chi connectivity index (χ0v) is 10.6. The Hall–Kier alpha value is -2.04. The first-order valence-electron chi connectivity index (χ1n) is 6.55. The third-order valence-corrected chi connectivity index (χ3v) is 4.17. The second kappa shape index (κ2) is 4.57. The molecule has 0 saturated carbocycles. The van der Waals surface area contributed by atoms with Crippen molar-refractivity contribution in [2.24, 2.45) is 16.8 Å². The van der Waals surface area contributed by atoms with Crippen LogP contribution in [0.5, 0.6) is 0 Å². The van der Waals surface area contributed by atoms with E-state index >= 15 is 0 Å². The number of hydrogen-bond acceptors (Lipinski definition) is 3. The summed E-state index contributed by atoms with van der Waals surface area (Å²) in [5, 5.41) is 11.7. The lowest BCUT2D eigenvalue weighted by Crippen LogP contribution is -2.31. The molecule has 0 spiro atoms. The van der Waals surface area contributed by atoms with Crippen LogP contribution < -0.4 is 5.73 Å². The maximum Gasteiger partial charge on any atom is 0.223 e. The Kier molecular flexibility index (Phi) is 2.89. The molecule has 1 aliphatic carbocycles. The molecule has 1 amide bonds. The number of aryl methyl sites for hydroxylation is 1. The van der Waals surface area contributed by atoms with E-state index in [1.165, 1.54) is 11.1 Å². The van der Waals surface area contributed by atoms with Gasteiger partial charge in [0, 0.05) is 18.9 Å². The van der Waals surface area contributed by atoms with Gasteiger partial charge in [-0.3, -0.25) is 4.79 Å². The van der Waals surface area contributed by atoms with E-state index in [-0.39, 0.29) is 23.7 Å². The van der Waals surface area contributed by atoms with Gasteiger partial charge in [-0.05, 0) is 24.0 Å². The second-order valence-electron chi connectivity index (χ2n) is 5.23. The van der Waals surface area contributed by atoms with E-state index in [2.05, 4.69) is 17.3 Å². The smallest absolute Gasteiger partial charge is 0.223 e. The van der Waals surface area contributed by atoms with Crippen molar-refractivity contribution < 1.29 is 10.0 Å². The first-order valence-corrected chi connectivity index (χ1v) is 6.55. The number of amides is 1. The Balaban J connectivity index is 1.83. The van der Waals surface area contributed by atoms with Gasteiger partial charge in [0.2, 0.25) is 5.91 Å². The quantitative estimate of drug-likeness (QED) is 0.363. The number of likely N-dealkylation sites (tertiary alicyclic amines) is 1. The van der Waals surface area contributed by atoms with Crippen molar-refractivity contribution >= 4 is 11.7 Å². The summed E-state index contributed by atoms with van der Waals surface area (Å²) in [6.45, 7) is 0.549. The Morgan fingerprint density at radius 1 is 1.42 bits per heavy atom. The number of benzene rings is 1. The number of rotatable bonds is 2. The molecule has 19 heavy (non-hydrogen) atoms. The van der Waals surface area contributed by atoms with E-state index < -0.39 is 0 Å². The Labute approximate surface area is 111 Å². The molecule has 1 heterocycles. The molecular formula is C14H17N3O2. The van der Waals surface area contributed by atoms with Crippen LogP contribution in [0.3, 0.4) is 0 Å². The number of carbonyl (C=O) groups is 1. The zero-order chi connectivity index (χ0) is 13.4. The zero-order valence-electron chi connectivity index (χ0n) is 10.6. The summed E-state index contributed by atoms with van der Waals surface area (Å²) in [4.78, 5) is 14.0. The summed E-state index contributed by atoms with van der Waals surface area (Å²) in [6.07, 6.45) is 2.32. The molecule has 100 valence electrons. The fraction of sp³-hybridized carbons (Fsp3) is 0.429. The minimum absolute atomic E-state index is 0.0957. The molecule has 0 radical (unpaired) electrons. The van der Waals surface area contributed by atoms with Crippen LogP contribution in [0, 0.1) is 5.92 Å². The summed E-state index contributed by atoms with van der Waals surface area (Å²) in [5.41, 5.74) is 8.19. The highest BCUT2D eigenvalue weighted by atomic mass is 16.4. The molecule has 5 nitrogen and oxygen atoms in total. The van der Waals surface area contributed by atoms with Crippen molar-refractivity contribution in [3.05, 3.63) is 35.4 Å². The number of nitrogens with two attached hydrogens (primary N) is 1. The molecule has 2 aliphatic rings. The maximum absolute atomic E-state index is 12.1. The highest BCUT2D eigenvalue weighted by Crippen LogP contribution is 2.38. The number of oxime groups is 1. The average Bonchev–Trinajstić information content (AvgIpc) is 3.01. The average molecular weight is 259 g/mol. The molecule has 5 heteroatoms. The van der Waals surface area contributed by atoms with Crippen LogP contribution in [-0.2, 0) is 11.2 Å². The van der Waals surface area contributed by atoms with Gasteiger partial charge in [-0.15, -0.1) is 0 Å². The van der Waals surface area contributed by atoms with Gasteiger partial charge >= 0.3 is 0 Å². The summed E-state index contributed by atoms with van der Waals surface area (Å²) >= 11 is 0. The minimum Gasteiger partial charge on any atom is -0.409 e. The number of fused-ring (bicyclic) bond motifs is 1. The Morgan fingerprint density at radius 2 is 2.21 bits per heavy atom. The molecule has 2 atom stereocenters. The van der Waals surface area contributed by atoms with E-state index in [1.807, 2.05) is 17.0 Å². The molecule has 3 rings (SSSR count). The van der Waals surface area contributed by atoms with Crippen LogP contribution in [0.1, 0.15) is 30.0 Å². The van der Waals surface area contributed by atoms with Gasteiger partial charge < -0.3 is 15.8 Å². The van der Waals surface area contributed by atoms with Gasteiger partial charge in [0.25, 0.3) is 0 Å². The van der Waals surface area contributed by atoms with E-state index in [0.29, 0.717) is 13.0 Å². The molecule has 0 aromatic heterocycles. The fourth-order valence-corrected chi connectivity index (χ4v) is 3.17. The van der Waals surface area contributed by atoms with Gasteiger partial charge in [-0.1, -0.05) is 29.4 Å². The van der Waals surface area contributed by atoms with Crippen molar-refractivity contribution in [1.29, 1.82) is 0 Å². The van der Waals surface area contributed by atoms with E-state index in [0.717, 1.165) is 12.8 Å². The lowest BCUT2D eigenvalue weighted by Gasteiger charge is -2.25. The van der Waals surface area contributed by atoms with Gasteiger partial charge in [0.1, 0.15) is 5.84 Å². The monoisotopic (exact) mass is 259 g/mol. The van der Waals surface area contributed by atoms with Crippen LogP contribution in [0.25, 0.3) is 0 Å². The van der Waals surface area contributed by atoms with E-state index in [9.17, 15) is 4.79 Å². The van der Waals surface area contributed by atoms with Crippen molar-refractivity contribution in [3.63, 3.8) is 0 Å². The normalized spacial score (nSPS) is 26.8. The maximum atomic E-state index is 12.1. The number of carbonyl (C=O) groups excluding carboxylic acids is 1. The molecule has 1 fully saturated rings. The molecule has 1 aliphatic heterocycles. The predicted molar refractivity (Wildman–Crippen MR) is 70.7 cm³/mol. The fourth-order valence-electron chi connectivity index (χ4n) is 3.17. The van der Waals surface area contributed by atoms with E-state index in [4.69, 9.17) is 10.9 Å². The van der Waals surface area contributed by atoms with Crippen LogP contribution in [0.4, 0.5) is 0 Å².